The third kappa shape index (κ3) is 6.88. The molecule has 1 heterocycles. The van der Waals surface area contributed by atoms with Crippen molar-refractivity contribution in [3.05, 3.63) is 87.2 Å². The Morgan fingerprint density at radius 2 is 1.74 bits per heavy atom. The fourth-order valence-electron chi connectivity index (χ4n) is 5.67. The largest absolute Gasteiger partial charge is 0.466 e. The number of esters is 1. The first-order valence-corrected chi connectivity index (χ1v) is 14.6. The van der Waals surface area contributed by atoms with Crippen LogP contribution in [0.3, 0.4) is 0 Å². The average molecular weight is 612 g/mol. The van der Waals surface area contributed by atoms with E-state index in [-0.39, 0.29) is 36.6 Å². The van der Waals surface area contributed by atoms with Gasteiger partial charge in [-0.25, -0.2) is 9.37 Å². The van der Waals surface area contributed by atoms with Crippen LogP contribution in [0, 0.1) is 44.4 Å². The lowest BCUT2D eigenvalue weighted by Gasteiger charge is -2.27. The predicted molar refractivity (Wildman–Crippen MR) is 161 cm³/mol. The molecule has 2 aromatic carbocycles. The van der Waals surface area contributed by atoms with Crippen molar-refractivity contribution < 1.29 is 27.9 Å². The smallest absolute Gasteiger partial charge is 0.311 e. The molecule has 10 heteroatoms. The van der Waals surface area contributed by atoms with Crippen LogP contribution in [0.1, 0.15) is 66.4 Å². The summed E-state index contributed by atoms with van der Waals surface area (Å²) in [6.07, 6.45) is 0.349. The number of carbonyl (C=O) groups excluding carboxylic acids is 3. The molecule has 4 rings (SSSR count). The van der Waals surface area contributed by atoms with Gasteiger partial charge in [-0.2, -0.15) is 4.39 Å². The number of aromatic nitrogens is 1. The third-order valence-electron chi connectivity index (χ3n) is 7.68. The molecule has 3 atom stereocenters. The fraction of sp³-hybridized carbons (Fsp3) is 0.394. The quantitative estimate of drug-likeness (QED) is 0.206. The second-order valence-electron chi connectivity index (χ2n) is 11.5. The predicted octanol–water partition coefficient (Wildman–Crippen LogP) is 6.34. The summed E-state index contributed by atoms with van der Waals surface area (Å²) in [5.41, 5.74) is 2.28. The number of ether oxygens (including phenoxy) is 1. The zero-order valence-corrected chi connectivity index (χ0v) is 25.9. The molecule has 1 aromatic heterocycles. The second-order valence-corrected chi connectivity index (χ2v) is 12.0. The number of pyridine rings is 1. The number of nitrogens with zero attached hydrogens (tertiary/aromatic N) is 1. The van der Waals surface area contributed by atoms with Crippen molar-refractivity contribution in [2.45, 2.75) is 66.0 Å². The highest BCUT2D eigenvalue weighted by Crippen LogP contribution is 2.54. The zero-order chi connectivity index (χ0) is 31.6. The molecule has 2 unspecified atom stereocenters. The maximum absolute atomic E-state index is 16.0. The van der Waals surface area contributed by atoms with Gasteiger partial charge >= 0.3 is 5.97 Å². The van der Waals surface area contributed by atoms with E-state index in [9.17, 15) is 18.8 Å². The minimum Gasteiger partial charge on any atom is -0.466 e. The van der Waals surface area contributed by atoms with Gasteiger partial charge in [0.25, 0.3) is 5.91 Å². The highest BCUT2D eigenvalue weighted by molar-refractivity contribution is 6.30. The van der Waals surface area contributed by atoms with E-state index in [1.165, 1.54) is 12.1 Å². The Labute approximate surface area is 255 Å². The summed E-state index contributed by atoms with van der Waals surface area (Å²) in [4.78, 5) is 43.4. The lowest BCUT2D eigenvalue weighted by atomic mass is 9.89. The minimum atomic E-state index is -1.40. The number of carbonyl (C=O) groups is 3. The number of amides is 2. The molecule has 0 radical (unpaired) electrons. The highest BCUT2D eigenvalue weighted by atomic mass is 35.5. The van der Waals surface area contributed by atoms with Crippen molar-refractivity contribution in [2.75, 3.05) is 6.61 Å². The molecule has 0 bridgehead atoms. The van der Waals surface area contributed by atoms with Crippen molar-refractivity contribution in [1.82, 2.24) is 15.6 Å². The SMILES string of the molecule is CCOC(=O)C1CC1(NC(=O)[C@H](CC(C)C)NC(=O)c1cccc(F)n1)c1cc(-c2c(C)cc(Cl)cc2C)cc(C)c1F. The molecule has 228 valence electrons. The minimum absolute atomic E-state index is 0.0225. The van der Waals surface area contributed by atoms with E-state index in [2.05, 4.69) is 15.6 Å². The van der Waals surface area contributed by atoms with E-state index >= 15 is 4.39 Å². The molecule has 43 heavy (non-hydrogen) atoms. The van der Waals surface area contributed by atoms with Crippen molar-refractivity contribution in [2.24, 2.45) is 11.8 Å². The van der Waals surface area contributed by atoms with Gasteiger partial charge in [0.05, 0.1) is 18.1 Å². The van der Waals surface area contributed by atoms with Crippen LogP contribution in [0.15, 0.2) is 42.5 Å². The van der Waals surface area contributed by atoms with Crippen molar-refractivity contribution in [3.8, 4) is 11.1 Å². The second kappa shape index (κ2) is 12.8. The molecule has 1 saturated carbocycles. The Hall–Kier alpha value is -3.85. The maximum Gasteiger partial charge on any atom is 0.311 e. The van der Waals surface area contributed by atoms with Gasteiger partial charge in [0.15, 0.2) is 0 Å². The molecule has 1 fully saturated rings. The summed E-state index contributed by atoms with van der Waals surface area (Å²) >= 11 is 6.26. The molecular weight excluding hydrogens is 576 g/mol. The summed E-state index contributed by atoms with van der Waals surface area (Å²) in [6.45, 7) is 11.0. The van der Waals surface area contributed by atoms with E-state index in [0.717, 1.165) is 22.8 Å². The van der Waals surface area contributed by atoms with Crippen LogP contribution in [0.5, 0.6) is 0 Å². The molecule has 0 saturated heterocycles. The molecule has 1 aliphatic rings. The van der Waals surface area contributed by atoms with Gasteiger partial charge in [-0.3, -0.25) is 14.4 Å². The summed E-state index contributed by atoms with van der Waals surface area (Å²) in [6, 6.07) is 9.78. The van der Waals surface area contributed by atoms with Gasteiger partial charge in [0, 0.05) is 10.6 Å². The van der Waals surface area contributed by atoms with Crippen molar-refractivity contribution in [1.29, 1.82) is 0 Å². The monoisotopic (exact) mass is 611 g/mol. The Kier molecular flexibility index (Phi) is 9.54. The molecule has 2 amide bonds. The van der Waals surface area contributed by atoms with Gasteiger partial charge in [-0.15, -0.1) is 0 Å². The summed E-state index contributed by atoms with van der Waals surface area (Å²) in [7, 11) is 0. The highest BCUT2D eigenvalue weighted by Gasteiger charge is 2.63. The summed E-state index contributed by atoms with van der Waals surface area (Å²) in [5.74, 6) is -4.13. The summed E-state index contributed by atoms with van der Waals surface area (Å²) < 4.78 is 35.0. The van der Waals surface area contributed by atoms with Crippen LogP contribution < -0.4 is 10.6 Å². The van der Waals surface area contributed by atoms with Crippen LogP contribution in [0.4, 0.5) is 8.78 Å². The molecule has 7 nitrogen and oxygen atoms in total. The number of halogens is 3. The normalized spacial score (nSPS) is 18.2. The number of hydrogen-bond donors (Lipinski definition) is 2. The Morgan fingerprint density at radius 3 is 2.35 bits per heavy atom. The van der Waals surface area contributed by atoms with E-state index in [1.54, 1.807) is 26.0 Å². The van der Waals surface area contributed by atoms with Crippen molar-refractivity contribution in [3.63, 3.8) is 0 Å². The molecule has 0 aliphatic heterocycles. The Bertz CT molecular complexity index is 1550. The number of nitrogens with one attached hydrogen (secondary N) is 2. The number of hydrogen-bond acceptors (Lipinski definition) is 5. The van der Waals surface area contributed by atoms with Crippen LogP contribution in [-0.4, -0.2) is 35.4 Å². The van der Waals surface area contributed by atoms with E-state index in [1.807, 2.05) is 39.8 Å². The van der Waals surface area contributed by atoms with Crippen LogP contribution >= 0.6 is 11.6 Å². The van der Waals surface area contributed by atoms with Gasteiger partial charge in [-0.05, 0) is 111 Å². The molecule has 1 aliphatic carbocycles. The maximum atomic E-state index is 16.0. The topological polar surface area (TPSA) is 97.4 Å². The molecular formula is C33H36ClF2N3O4. The van der Waals surface area contributed by atoms with Gasteiger partial charge in [0.2, 0.25) is 11.9 Å². The first-order chi connectivity index (χ1) is 20.3. The van der Waals surface area contributed by atoms with Crippen LogP contribution in [-0.2, 0) is 19.9 Å². The van der Waals surface area contributed by atoms with E-state index in [0.29, 0.717) is 16.1 Å². The number of benzene rings is 2. The first-order valence-electron chi connectivity index (χ1n) is 14.3. The number of rotatable bonds is 10. The first kappa shape index (κ1) is 32.1. The van der Waals surface area contributed by atoms with Gasteiger partial charge < -0.3 is 15.4 Å². The lowest BCUT2D eigenvalue weighted by Crippen LogP contribution is -2.51. The Morgan fingerprint density at radius 1 is 1.07 bits per heavy atom. The van der Waals surface area contributed by atoms with Gasteiger partial charge in [-0.1, -0.05) is 31.5 Å². The fourth-order valence-corrected chi connectivity index (χ4v) is 6.00. The third-order valence-corrected chi connectivity index (χ3v) is 7.89. The van der Waals surface area contributed by atoms with Crippen molar-refractivity contribution >= 4 is 29.4 Å². The molecule has 2 N–H and O–H groups in total. The Balaban J connectivity index is 1.76. The lowest BCUT2D eigenvalue weighted by molar-refractivity contribution is -0.145. The number of aryl methyl sites for hydroxylation is 3. The standard InChI is InChI=1S/C33H36ClF2N3O4/c1-7-43-32(42)24-16-33(24,23-15-21(12-20(6)29(23)36)28-18(4)13-22(34)14-19(28)5)39-31(41)26(11-17(2)3)38-30(40)25-9-8-10-27(35)37-25/h8-10,12-15,17,24,26H,7,11,16H2,1-6H3,(H,38,40)(H,39,41)/t24?,26-,33?/m0/s1. The van der Waals surface area contributed by atoms with E-state index < -0.39 is 47.0 Å². The summed E-state index contributed by atoms with van der Waals surface area (Å²) in [5, 5.41) is 6.15. The average Bonchev–Trinajstić information content (AvgIpc) is 3.64. The molecule has 0 spiro atoms. The van der Waals surface area contributed by atoms with Crippen LogP contribution in [0.25, 0.3) is 11.1 Å². The van der Waals surface area contributed by atoms with E-state index in [4.69, 9.17) is 16.3 Å². The molecule has 3 aromatic rings. The van der Waals surface area contributed by atoms with Gasteiger partial charge in [0.1, 0.15) is 17.6 Å². The van der Waals surface area contributed by atoms with Crippen LogP contribution in [0.2, 0.25) is 5.02 Å². The zero-order valence-electron chi connectivity index (χ0n) is 25.1.